The Balaban J connectivity index is 1.43. The van der Waals surface area contributed by atoms with Crippen LogP contribution in [0.2, 0.25) is 0 Å². The van der Waals surface area contributed by atoms with Gasteiger partial charge in [-0.05, 0) is 37.6 Å². The number of rotatable bonds is 5. The predicted molar refractivity (Wildman–Crippen MR) is 90.4 cm³/mol. The first-order valence-corrected chi connectivity index (χ1v) is 7.63. The highest BCUT2D eigenvalue weighted by atomic mass is 16.2. The van der Waals surface area contributed by atoms with E-state index in [1.54, 1.807) is 6.07 Å². The number of hydrogen-bond donors (Lipinski definition) is 3. The van der Waals surface area contributed by atoms with Crippen LogP contribution in [0.25, 0.3) is 11.0 Å². The molecule has 0 saturated carbocycles. The Bertz CT molecular complexity index is 778. The Labute approximate surface area is 134 Å². The SMILES string of the molecule is Cc1cccc(NC(=O)NCCCc2nc3ccccc3[nH]2)n1. The summed E-state index contributed by atoms with van der Waals surface area (Å²) in [5.74, 6) is 1.49. The fourth-order valence-corrected chi connectivity index (χ4v) is 2.35. The second-order valence-electron chi connectivity index (χ2n) is 5.35. The van der Waals surface area contributed by atoms with Crippen molar-refractivity contribution >= 4 is 22.9 Å². The standard InChI is InChI=1S/C17H19N5O/c1-12-6-4-9-15(19-12)22-17(23)18-11-5-10-16-20-13-7-2-3-8-14(13)21-16/h2-4,6-9H,5,10-11H2,1H3,(H,20,21)(H2,18,19,22,23). The number of hydrogen-bond acceptors (Lipinski definition) is 3. The van der Waals surface area contributed by atoms with E-state index in [0.29, 0.717) is 12.4 Å². The van der Waals surface area contributed by atoms with Gasteiger partial charge in [0.2, 0.25) is 0 Å². The first-order valence-electron chi connectivity index (χ1n) is 7.63. The summed E-state index contributed by atoms with van der Waals surface area (Å²) in [6, 6.07) is 13.2. The third-order valence-corrected chi connectivity index (χ3v) is 3.44. The van der Waals surface area contributed by atoms with Gasteiger partial charge in [0.15, 0.2) is 0 Å². The number of carbonyl (C=O) groups excluding carboxylic acids is 1. The number of aromatic amines is 1. The molecule has 0 aliphatic heterocycles. The normalized spacial score (nSPS) is 10.7. The van der Waals surface area contributed by atoms with Crippen LogP contribution in [-0.4, -0.2) is 27.5 Å². The minimum atomic E-state index is -0.243. The molecular formula is C17H19N5O. The molecule has 2 aromatic heterocycles. The van der Waals surface area contributed by atoms with Crippen molar-refractivity contribution in [3.63, 3.8) is 0 Å². The highest BCUT2D eigenvalue weighted by molar-refractivity contribution is 5.88. The first kappa shape index (κ1) is 15.0. The molecule has 2 heterocycles. The molecule has 2 amide bonds. The molecule has 0 fully saturated rings. The van der Waals surface area contributed by atoms with Gasteiger partial charge in [0, 0.05) is 18.7 Å². The summed E-state index contributed by atoms with van der Waals surface area (Å²) >= 11 is 0. The fraction of sp³-hybridized carbons (Fsp3) is 0.235. The number of urea groups is 1. The van der Waals surface area contributed by atoms with Gasteiger partial charge < -0.3 is 10.3 Å². The summed E-state index contributed by atoms with van der Waals surface area (Å²) in [5, 5.41) is 5.54. The van der Waals surface area contributed by atoms with E-state index in [0.717, 1.165) is 35.4 Å². The number of benzene rings is 1. The summed E-state index contributed by atoms with van der Waals surface area (Å²) in [6.45, 7) is 2.46. The van der Waals surface area contributed by atoms with Gasteiger partial charge in [-0.25, -0.2) is 14.8 Å². The van der Waals surface area contributed by atoms with Crippen molar-refractivity contribution in [2.24, 2.45) is 0 Å². The predicted octanol–water partition coefficient (Wildman–Crippen LogP) is 3.02. The summed E-state index contributed by atoms with van der Waals surface area (Å²) in [5.41, 5.74) is 2.88. The lowest BCUT2D eigenvalue weighted by Crippen LogP contribution is -2.30. The van der Waals surface area contributed by atoms with Gasteiger partial charge >= 0.3 is 6.03 Å². The Hall–Kier alpha value is -2.89. The molecule has 0 atom stereocenters. The molecule has 3 aromatic rings. The van der Waals surface area contributed by atoms with Gasteiger partial charge in [-0.15, -0.1) is 0 Å². The van der Waals surface area contributed by atoms with Crippen LogP contribution in [0, 0.1) is 6.92 Å². The van der Waals surface area contributed by atoms with Crippen LogP contribution < -0.4 is 10.6 Å². The molecule has 0 radical (unpaired) electrons. The topological polar surface area (TPSA) is 82.7 Å². The zero-order chi connectivity index (χ0) is 16.1. The largest absolute Gasteiger partial charge is 0.342 e. The number of aromatic nitrogens is 3. The number of fused-ring (bicyclic) bond motifs is 1. The molecule has 23 heavy (non-hydrogen) atoms. The Morgan fingerprint density at radius 2 is 2.00 bits per heavy atom. The Morgan fingerprint density at radius 1 is 1.13 bits per heavy atom. The van der Waals surface area contributed by atoms with E-state index in [4.69, 9.17) is 0 Å². The minimum absolute atomic E-state index is 0.243. The summed E-state index contributed by atoms with van der Waals surface area (Å²) in [7, 11) is 0. The maximum Gasteiger partial charge on any atom is 0.320 e. The zero-order valence-corrected chi connectivity index (χ0v) is 13.0. The lowest BCUT2D eigenvalue weighted by atomic mass is 10.3. The summed E-state index contributed by atoms with van der Waals surface area (Å²) in [6.07, 6.45) is 1.60. The number of imidazole rings is 1. The molecule has 118 valence electrons. The smallest absolute Gasteiger partial charge is 0.320 e. The number of aryl methyl sites for hydroxylation is 2. The molecular weight excluding hydrogens is 290 g/mol. The second kappa shape index (κ2) is 6.91. The van der Waals surface area contributed by atoms with Gasteiger partial charge in [0.25, 0.3) is 0 Å². The van der Waals surface area contributed by atoms with Crippen molar-refractivity contribution in [3.05, 3.63) is 54.0 Å². The minimum Gasteiger partial charge on any atom is -0.342 e. The third-order valence-electron chi connectivity index (χ3n) is 3.44. The molecule has 0 saturated heterocycles. The van der Waals surface area contributed by atoms with Crippen LogP contribution >= 0.6 is 0 Å². The van der Waals surface area contributed by atoms with Crippen molar-refractivity contribution in [2.45, 2.75) is 19.8 Å². The fourth-order valence-electron chi connectivity index (χ4n) is 2.35. The number of carbonyl (C=O) groups is 1. The number of anilines is 1. The molecule has 0 unspecified atom stereocenters. The van der Waals surface area contributed by atoms with Crippen molar-refractivity contribution in [3.8, 4) is 0 Å². The van der Waals surface area contributed by atoms with E-state index >= 15 is 0 Å². The van der Waals surface area contributed by atoms with Crippen LogP contribution in [0.3, 0.4) is 0 Å². The lowest BCUT2D eigenvalue weighted by Gasteiger charge is -2.06. The van der Waals surface area contributed by atoms with E-state index < -0.39 is 0 Å². The molecule has 0 bridgehead atoms. The van der Waals surface area contributed by atoms with Gasteiger partial charge in [0.1, 0.15) is 11.6 Å². The van der Waals surface area contributed by atoms with Crippen molar-refractivity contribution in [1.29, 1.82) is 0 Å². The van der Waals surface area contributed by atoms with E-state index in [1.807, 2.05) is 43.3 Å². The molecule has 0 aliphatic carbocycles. The molecule has 6 nitrogen and oxygen atoms in total. The van der Waals surface area contributed by atoms with E-state index in [1.165, 1.54) is 0 Å². The number of para-hydroxylation sites is 2. The van der Waals surface area contributed by atoms with Gasteiger partial charge in [-0.3, -0.25) is 5.32 Å². The zero-order valence-electron chi connectivity index (χ0n) is 13.0. The van der Waals surface area contributed by atoms with Crippen LogP contribution in [0.1, 0.15) is 17.9 Å². The molecule has 0 spiro atoms. The van der Waals surface area contributed by atoms with Crippen LogP contribution in [-0.2, 0) is 6.42 Å². The summed E-state index contributed by atoms with van der Waals surface area (Å²) in [4.78, 5) is 23.8. The van der Waals surface area contributed by atoms with Crippen LogP contribution in [0.5, 0.6) is 0 Å². The number of pyridine rings is 1. The Kier molecular flexibility index (Phi) is 4.52. The second-order valence-corrected chi connectivity index (χ2v) is 5.35. The van der Waals surface area contributed by atoms with Gasteiger partial charge in [-0.2, -0.15) is 0 Å². The molecule has 0 aliphatic rings. The lowest BCUT2D eigenvalue weighted by molar-refractivity contribution is 0.252. The average Bonchev–Trinajstić information content (AvgIpc) is 2.94. The molecule has 3 rings (SSSR count). The highest BCUT2D eigenvalue weighted by Gasteiger charge is 2.04. The van der Waals surface area contributed by atoms with Crippen molar-refractivity contribution in [2.75, 3.05) is 11.9 Å². The monoisotopic (exact) mass is 309 g/mol. The molecule has 1 aromatic carbocycles. The molecule has 3 N–H and O–H groups in total. The van der Waals surface area contributed by atoms with Crippen LogP contribution in [0.4, 0.5) is 10.6 Å². The summed E-state index contributed by atoms with van der Waals surface area (Å²) < 4.78 is 0. The van der Waals surface area contributed by atoms with Gasteiger partial charge in [-0.1, -0.05) is 18.2 Å². The van der Waals surface area contributed by atoms with E-state index in [2.05, 4.69) is 25.6 Å². The van der Waals surface area contributed by atoms with Gasteiger partial charge in [0.05, 0.1) is 11.0 Å². The number of nitrogens with zero attached hydrogens (tertiary/aromatic N) is 2. The number of H-pyrrole nitrogens is 1. The van der Waals surface area contributed by atoms with Crippen LogP contribution in [0.15, 0.2) is 42.5 Å². The Morgan fingerprint density at radius 3 is 2.83 bits per heavy atom. The molecule has 6 heteroatoms. The van der Waals surface area contributed by atoms with E-state index in [9.17, 15) is 4.79 Å². The highest BCUT2D eigenvalue weighted by Crippen LogP contribution is 2.11. The van der Waals surface area contributed by atoms with Crippen molar-refractivity contribution in [1.82, 2.24) is 20.3 Å². The average molecular weight is 309 g/mol. The third kappa shape index (κ3) is 4.06. The number of nitrogens with one attached hydrogen (secondary N) is 3. The van der Waals surface area contributed by atoms with Crippen molar-refractivity contribution < 1.29 is 4.79 Å². The maximum atomic E-state index is 11.8. The maximum absolute atomic E-state index is 11.8. The first-order chi connectivity index (χ1) is 11.2. The number of amides is 2. The quantitative estimate of drug-likeness (QED) is 0.634. The van der Waals surface area contributed by atoms with E-state index in [-0.39, 0.29) is 6.03 Å².